The van der Waals surface area contributed by atoms with E-state index in [2.05, 4.69) is 13.8 Å². The molecule has 0 saturated carbocycles. The average Bonchev–Trinajstić information content (AvgIpc) is 3.00. The quantitative estimate of drug-likeness (QED) is 0.762. The van der Waals surface area contributed by atoms with E-state index in [-0.39, 0.29) is 23.3 Å². The van der Waals surface area contributed by atoms with Gasteiger partial charge >= 0.3 is 5.97 Å². The summed E-state index contributed by atoms with van der Waals surface area (Å²) in [7, 11) is 0. The van der Waals surface area contributed by atoms with Crippen molar-refractivity contribution in [3.8, 4) is 0 Å². The summed E-state index contributed by atoms with van der Waals surface area (Å²) < 4.78 is 10.6. The van der Waals surface area contributed by atoms with Crippen molar-refractivity contribution in [2.45, 2.75) is 52.6 Å². The fourth-order valence-corrected chi connectivity index (χ4v) is 3.96. The highest BCUT2D eigenvalue weighted by Crippen LogP contribution is 2.43. The molecule has 0 spiro atoms. The summed E-state index contributed by atoms with van der Waals surface area (Å²) in [6.45, 7) is 6.29. The highest BCUT2D eigenvalue weighted by molar-refractivity contribution is 5.92. The third-order valence-electron chi connectivity index (χ3n) is 5.22. The van der Waals surface area contributed by atoms with Crippen LogP contribution in [0, 0.1) is 11.3 Å². The lowest BCUT2D eigenvalue weighted by molar-refractivity contribution is -0.146. The van der Waals surface area contributed by atoms with Gasteiger partial charge < -0.3 is 9.15 Å². The number of allylic oxidation sites excluding steroid dienone is 2. The van der Waals surface area contributed by atoms with Gasteiger partial charge in [0.2, 0.25) is 0 Å². The largest absolute Gasteiger partial charge is 0.472 e. The molecule has 1 aromatic rings. The third kappa shape index (κ3) is 3.37. The second kappa shape index (κ2) is 6.42. The van der Waals surface area contributed by atoms with Crippen LogP contribution in [0.4, 0.5) is 0 Å². The zero-order valence-electron chi connectivity index (χ0n) is 14.5. The smallest absolute Gasteiger partial charge is 0.334 e. The van der Waals surface area contributed by atoms with Gasteiger partial charge in [-0.3, -0.25) is 4.79 Å². The Bertz CT molecular complexity index is 691. The minimum atomic E-state index is -0.245. The maximum atomic E-state index is 12.3. The molecular formula is C20H24O4. The van der Waals surface area contributed by atoms with E-state index in [0.29, 0.717) is 25.2 Å². The Balaban J connectivity index is 1.65. The van der Waals surface area contributed by atoms with Crippen LogP contribution in [0.1, 0.15) is 58.1 Å². The Morgan fingerprint density at radius 3 is 2.71 bits per heavy atom. The number of carbonyl (C=O) groups excluding carboxylic acids is 2. The van der Waals surface area contributed by atoms with Crippen LogP contribution < -0.4 is 0 Å². The standard InChI is InChI=1S/C20H24O4/c1-13-10-16(21)11-20(2,3)17(13)6-4-14-5-7-18(24-19(14)22)15-8-9-23-12-15/h5,8-10,12,17-18H,4,6-7,11H2,1-3H3/t17?,18-/m1/s1. The number of rotatable bonds is 4. The molecule has 0 radical (unpaired) electrons. The van der Waals surface area contributed by atoms with Crippen molar-refractivity contribution in [1.29, 1.82) is 0 Å². The highest BCUT2D eigenvalue weighted by Gasteiger charge is 2.36. The van der Waals surface area contributed by atoms with E-state index in [4.69, 9.17) is 9.15 Å². The van der Waals surface area contributed by atoms with E-state index in [1.54, 1.807) is 18.6 Å². The van der Waals surface area contributed by atoms with Gasteiger partial charge in [-0.25, -0.2) is 4.79 Å². The molecule has 3 rings (SSSR count). The molecule has 1 unspecified atom stereocenters. The van der Waals surface area contributed by atoms with E-state index in [9.17, 15) is 9.59 Å². The Morgan fingerprint density at radius 1 is 1.29 bits per heavy atom. The number of hydrogen-bond donors (Lipinski definition) is 0. The number of furan rings is 1. The van der Waals surface area contributed by atoms with E-state index in [1.165, 1.54) is 0 Å². The van der Waals surface area contributed by atoms with Crippen molar-refractivity contribution in [2.75, 3.05) is 0 Å². The molecular weight excluding hydrogens is 304 g/mol. The first-order chi connectivity index (χ1) is 11.4. The molecule has 0 bridgehead atoms. The zero-order chi connectivity index (χ0) is 17.3. The Kier molecular flexibility index (Phi) is 4.48. The first-order valence-corrected chi connectivity index (χ1v) is 8.50. The van der Waals surface area contributed by atoms with Crippen LogP contribution >= 0.6 is 0 Å². The molecule has 2 atom stereocenters. The first kappa shape index (κ1) is 16.7. The summed E-state index contributed by atoms with van der Waals surface area (Å²) in [5.74, 6) is 0.280. The molecule has 4 nitrogen and oxygen atoms in total. The predicted octanol–water partition coefficient (Wildman–Crippen LogP) is 4.54. The van der Waals surface area contributed by atoms with Crippen molar-refractivity contribution in [1.82, 2.24) is 0 Å². The van der Waals surface area contributed by atoms with Gasteiger partial charge in [-0.1, -0.05) is 25.5 Å². The van der Waals surface area contributed by atoms with Crippen molar-refractivity contribution in [3.05, 3.63) is 47.5 Å². The molecule has 4 heteroatoms. The molecule has 2 heterocycles. The molecule has 1 aliphatic carbocycles. The summed E-state index contributed by atoms with van der Waals surface area (Å²) in [5, 5.41) is 0. The Labute approximate surface area is 142 Å². The van der Waals surface area contributed by atoms with E-state index in [1.807, 2.05) is 19.1 Å². The van der Waals surface area contributed by atoms with Gasteiger partial charge in [0.05, 0.1) is 12.5 Å². The number of esters is 1. The molecule has 128 valence electrons. The van der Waals surface area contributed by atoms with Crippen molar-refractivity contribution >= 4 is 11.8 Å². The fourth-order valence-electron chi connectivity index (χ4n) is 3.96. The maximum Gasteiger partial charge on any atom is 0.334 e. The Morgan fingerprint density at radius 2 is 2.08 bits per heavy atom. The lowest BCUT2D eigenvalue weighted by Crippen LogP contribution is -2.32. The minimum absolute atomic E-state index is 0.0611. The number of ether oxygens (including phenoxy) is 1. The first-order valence-electron chi connectivity index (χ1n) is 8.50. The molecule has 0 amide bonds. The lowest BCUT2D eigenvalue weighted by atomic mass is 9.66. The fraction of sp³-hybridized carbons (Fsp3) is 0.500. The second-order valence-corrected chi connectivity index (χ2v) is 7.53. The van der Waals surface area contributed by atoms with Crippen LogP contribution in [0.25, 0.3) is 0 Å². The lowest BCUT2D eigenvalue weighted by Gasteiger charge is -2.38. The highest BCUT2D eigenvalue weighted by atomic mass is 16.5. The topological polar surface area (TPSA) is 56.5 Å². The van der Waals surface area contributed by atoms with E-state index < -0.39 is 0 Å². The Hall–Kier alpha value is -2.10. The van der Waals surface area contributed by atoms with Crippen LogP contribution in [0.15, 0.2) is 46.3 Å². The van der Waals surface area contributed by atoms with Crippen LogP contribution in [-0.2, 0) is 14.3 Å². The van der Waals surface area contributed by atoms with Crippen molar-refractivity contribution < 1.29 is 18.7 Å². The van der Waals surface area contributed by atoms with Crippen LogP contribution in [0.3, 0.4) is 0 Å². The van der Waals surface area contributed by atoms with Gasteiger partial charge in [-0.2, -0.15) is 0 Å². The summed E-state index contributed by atoms with van der Waals surface area (Å²) in [4.78, 5) is 24.0. The number of carbonyl (C=O) groups is 2. The normalized spacial score (nSPS) is 26.6. The van der Waals surface area contributed by atoms with Gasteiger partial charge in [0.25, 0.3) is 0 Å². The summed E-state index contributed by atoms with van der Waals surface area (Å²) in [6.07, 6.45) is 9.51. The van der Waals surface area contributed by atoms with Crippen molar-refractivity contribution in [2.24, 2.45) is 11.3 Å². The molecule has 1 aromatic heterocycles. The summed E-state index contributed by atoms with van der Waals surface area (Å²) in [6, 6.07) is 1.83. The predicted molar refractivity (Wildman–Crippen MR) is 90.1 cm³/mol. The molecule has 1 aliphatic heterocycles. The second-order valence-electron chi connectivity index (χ2n) is 7.53. The molecule has 0 N–H and O–H groups in total. The van der Waals surface area contributed by atoms with Crippen LogP contribution in [0.2, 0.25) is 0 Å². The maximum absolute atomic E-state index is 12.3. The monoisotopic (exact) mass is 328 g/mol. The molecule has 0 saturated heterocycles. The summed E-state index contributed by atoms with van der Waals surface area (Å²) >= 11 is 0. The number of cyclic esters (lactones) is 1. The minimum Gasteiger partial charge on any atom is -0.472 e. The van der Waals surface area contributed by atoms with Crippen molar-refractivity contribution in [3.63, 3.8) is 0 Å². The van der Waals surface area contributed by atoms with Gasteiger partial charge in [0, 0.05) is 24.0 Å². The van der Waals surface area contributed by atoms with Gasteiger partial charge in [-0.15, -0.1) is 0 Å². The number of ketones is 1. The van der Waals surface area contributed by atoms with E-state index in [0.717, 1.165) is 23.1 Å². The third-order valence-corrected chi connectivity index (χ3v) is 5.22. The zero-order valence-corrected chi connectivity index (χ0v) is 14.5. The molecule has 0 aromatic carbocycles. The molecule has 0 fully saturated rings. The van der Waals surface area contributed by atoms with Gasteiger partial charge in [0.15, 0.2) is 5.78 Å². The van der Waals surface area contributed by atoms with E-state index >= 15 is 0 Å². The van der Waals surface area contributed by atoms with Gasteiger partial charge in [-0.05, 0) is 43.2 Å². The van der Waals surface area contributed by atoms with Crippen LogP contribution in [0.5, 0.6) is 0 Å². The molecule has 24 heavy (non-hydrogen) atoms. The summed E-state index contributed by atoms with van der Waals surface area (Å²) in [5.41, 5.74) is 2.70. The average molecular weight is 328 g/mol. The number of hydrogen-bond acceptors (Lipinski definition) is 4. The molecule has 2 aliphatic rings. The SMILES string of the molecule is CC1=CC(=O)CC(C)(C)C1CCC1=CC[C@H](c2ccoc2)OC1=O. The van der Waals surface area contributed by atoms with Crippen LogP contribution in [-0.4, -0.2) is 11.8 Å². The van der Waals surface area contributed by atoms with Gasteiger partial charge in [0.1, 0.15) is 6.10 Å².